The molecule has 1 unspecified atom stereocenters. The summed E-state index contributed by atoms with van der Waals surface area (Å²) in [5.41, 5.74) is 5.69. The van der Waals surface area contributed by atoms with Gasteiger partial charge in [0.2, 0.25) is 0 Å². The van der Waals surface area contributed by atoms with E-state index in [0.29, 0.717) is 0 Å². The summed E-state index contributed by atoms with van der Waals surface area (Å²) < 4.78 is 5.23. The second kappa shape index (κ2) is 3.94. The molecule has 0 fully saturated rings. The van der Waals surface area contributed by atoms with Crippen molar-refractivity contribution in [2.75, 3.05) is 7.11 Å². The van der Waals surface area contributed by atoms with E-state index in [0.717, 1.165) is 12.8 Å². The van der Waals surface area contributed by atoms with Crippen LogP contribution in [0.2, 0.25) is 0 Å². The summed E-state index contributed by atoms with van der Waals surface area (Å²) in [5, 5.41) is 0. The van der Waals surface area contributed by atoms with E-state index in [2.05, 4.69) is 20.8 Å². The lowest BCUT2D eigenvalue weighted by Crippen LogP contribution is -2.33. The zero-order valence-electron chi connectivity index (χ0n) is 7.48. The first-order chi connectivity index (χ1) is 4.52. The monoisotopic (exact) mass is 145 g/mol. The highest BCUT2D eigenvalue weighted by molar-refractivity contribution is 4.74. The lowest BCUT2D eigenvalue weighted by Gasteiger charge is -2.25. The Morgan fingerprint density at radius 3 is 2.30 bits per heavy atom. The Morgan fingerprint density at radius 2 is 2.00 bits per heavy atom. The van der Waals surface area contributed by atoms with Crippen LogP contribution in [0.25, 0.3) is 0 Å². The van der Waals surface area contributed by atoms with Crippen molar-refractivity contribution in [2.45, 2.75) is 45.3 Å². The van der Waals surface area contributed by atoms with Crippen LogP contribution in [0.5, 0.6) is 0 Å². The minimum absolute atomic E-state index is 0.0601. The molecule has 0 aliphatic carbocycles. The molecule has 0 bridgehead atoms. The minimum atomic E-state index is -0.0601. The summed E-state index contributed by atoms with van der Waals surface area (Å²) in [7, 11) is 1.72. The van der Waals surface area contributed by atoms with Crippen LogP contribution in [0.4, 0.5) is 0 Å². The highest BCUT2D eigenvalue weighted by atomic mass is 16.5. The standard InChI is InChI=1S/C8H19NO/c1-5-7(9)6-8(2,3)10-4/h7H,5-6,9H2,1-4H3. The van der Waals surface area contributed by atoms with Crippen LogP contribution in [0.3, 0.4) is 0 Å². The van der Waals surface area contributed by atoms with Gasteiger partial charge in [0.15, 0.2) is 0 Å². The van der Waals surface area contributed by atoms with Crippen LogP contribution in [0.15, 0.2) is 0 Å². The molecular weight excluding hydrogens is 126 g/mol. The van der Waals surface area contributed by atoms with E-state index in [1.807, 2.05) is 0 Å². The molecule has 0 rings (SSSR count). The van der Waals surface area contributed by atoms with Crippen molar-refractivity contribution in [3.05, 3.63) is 0 Å². The van der Waals surface area contributed by atoms with Gasteiger partial charge in [0.1, 0.15) is 0 Å². The predicted octanol–water partition coefficient (Wildman–Crippen LogP) is 1.54. The SMILES string of the molecule is CCC(N)CC(C)(C)OC. The largest absolute Gasteiger partial charge is 0.379 e. The summed E-state index contributed by atoms with van der Waals surface area (Å²) in [4.78, 5) is 0. The first kappa shape index (κ1) is 9.92. The lowest BCUT2D eigenvalue weighted by atomic mass is 9.98. The molecule has 0 aliphatic rings. The lowest BCUT2D eigenvalue weighted by molar-refractivity contribution is 0.00990. The zero-order valence-corrected chi connectivity index (χ0v) is 7.48. The Bertz CT molecular complexity index is 91.3. The summed E-state index contributed by atoms with van der Waals surface area (Å²) in [6, 6.07) is 0.273. The fraction of sp³-hybridized carbons (Fsp3) is 1.00. The Hall–Kier alpha value is -0.0800. The van der Waals surface area contributed by atoms with E-state index in [-0.39, 0.29) is 11.6 Å². The molecule has 0 aromatic heterocycles. The van der Waals surface area contributed by atoms with Crippen molar-refractivity contribution in [3.8, 4) is 0 Å². The van der Waals surface area contributed by atoms with Crippen molar-refractivity contribution in [2.24, 2.45) is 5.73 Å². The Labute approximate surface area is 63.7 Å². The maximum atomic E-state index is 5.75. The van der Waals surface area contributed by atoms with Gasteiger partial charge in [0.05, 0.1) is 5.60 Å². The summed E-state index contributed by atoms with van der Waals surface area (Å²) in [5.74, 6) is 0. The van der Waals surface area contributed by atoms with Crippen molar-refractivity contribution < 1.29 is 4.74 Å². The number of ether oxygens (including phenoxy) is 1. The molecule has 10 heavy (non-hydrogen) atoms. The van der Waals surface area contributed by atoms with Gasteiger partial charge in [-0.1, -0.05) is 6.92 Å². The van der Waals surface area contributed by atoms with Gasteiger partial charge < -0.3 is 10.5 Å². The van der Waals surface area contributed by atoms with Crippen LogP contribution in [0, 0.1) is 0 Å². The fourth-order valence-corrected chi connectivity index (χ4v) is 0.859. The van der Waals surface area contributed by atoms with E-state index in [4.69, 9.17) is 10.5 Å². The van der Waals surface area contributed by atoms with Crippen LogP contribution >= 0.6 is 0 Å². The number of hydrogen-bond acceptors (Lipinski definition) is 2. The van der Waals surface area contributed by atoms with Gasteiger partial charge >= 0.3 is 0 Å². The van der Waals surface area contributed by atoms with Gasteiger partial charge in [0.25, 0.3) is 0 Å². The second-order valence-electron chi connectivity index (χ2n) is 3.34. The van der Waals surface area contributed by atoms with Gasteiger partial charge in [-0.2, -0.15) is 0 Å². The van der Waals surface area contributed by atoms with E-state index in [1.54, 1.807) is 7.11 Å². The van der Waals surface area contributed by atoms with Crippen molar-refractivity contribution in [3.63, 3.8) is 0 Å². The summed E-state index contributed by atoms with van der Waals surface area (Å²) >= 11 is 0. The molecule has 0 saturated carbocycles. The molecule has 2 N–H and O–H groups in total. The Morgan fingerprint density at radius 1 is 1.50 bits per heavy atom. The van der Waals surface area contributed by atoms with Crippen LogP contribution in [-0.2, 0) is 4.74 Å². The average molecular weight is 145 g/mol. The highest BCUT2D eigenvalue weighted by Crippen LogP contribution is 2.15. The molecule has 0 heterocycles. The summed E-state index contributed by atoms with van der Waals surface area (Å²) in [6.45, 7) is 6.21. The molecule has 0 amide bonds. The van der Waals surface area contributed by atoms with E-state index in [9.17, 15) is 0 Å². The highest BCUT2D eigenvalue weighted by Gasteiger charge is 2.18. The second-order valence-corrected chi connectivity index (χ2v) is 3.34. The third-order valence-electron chi connectivity index (χ3n) is 1.83. The minimum Gasteiger partial charge on any atom is -0.379 e. The maximum Gasteiger partial charge on any atom is 0.0637 e. The number of hydrogen-bond donors (Lipinski definition) is 1. The summed E-state index contributed by atoms with van der Waals surface area (Å²) in [6.07, 6.45) is 1.95. The normalized spacial score (nSPS) is 15.3. The van der Waals surface area contributed by atoms with E-state index in [1.165, 1.54) is 0 Å². The number of rotatable bonds is 4. The van der Waals surface area contributed by atoms with E-state index >= 15 is 0 Å². The molecule has 0 aliphatic heterocycles. The average Bonchev–Trinajstić information content (AvgIpc) is 1.87. The molecule has 0 saturated heterocycles. The molecule has 0 radical (unpaired) electrons. The van der Waals surface area contributed by atoms with Crippen LogP contribution < -0.4 is 5.73 Å². The quantitative estimate of drug-likeness (QED) is 0.651. The molecule has 0 spiro atoms. The molecular formula is C8H19NO. The Balaban J connectivity index is 3.64. The van der Waals surface area contributed by atoms with E-state index < -0.39 is 0 Å². The smallest absolute Gasteiger partial charge is 0.0637 e. The first-order valence-electron chi connectivity index (χ1n) is 3.82. The Kier molecular flexibility index (Phi) is 3.91. The number of methoxy groups -OCH3 is 1. The maximum absolute atomic E-state index is 5.75. The molecule has 2 nitrogen and oxygen atoms in total. The van der Waals surface area contributed by atoms with Crippen molar-refractivity contribution >= 4 is 0 Å². The molecule has 0 aromatic carbocycles. The van der Waals surface area contributed by atoms with Gasteiger partial charge in [-0.15, -0.1) is 0 Å². The first-order valence-corrected chi connectivity index (χ1v) is 3.82. The van der Waals surface area contributed by atoms with Crippen molar-refractivity contribution in [1.29, 1.82) is 0 Å². The van der Waals surface area contributed by atoms with Gasteiger partial charge in [-0.25, -0.2) is 0 Å². The third kappa shape index (κ3) is 3.85. The molecule has 0 aromatic rings. The zero-order chi connectivity index (χ0) is 8.20. The van der Waals surface area contributed by atoms with Gasteiger partial charge in [0, 0.05) is 13.2 Å². The van der Waals surface area contributed by atoms with Crippen LogP contribution in [-0.4, -0.2) is 18.8 Å². The number of nitrogens with two attached hydrogens (primary N) is 1. The topological polar surface area (TPSA) is 35.2 Å². The predicted molar refractivity (Wildman–Crippen MR) is 44.0 cm³/mol. The fourth-order valence-electron chi connectivity index (χ4n) is 0.859. The molecule has 1 atom stereocenters. The van der Waals surface area contributed by atoms with Crippen LogP contribution in [0.1, 0.15) is 33.6 Å². The third-order valence-corrected chi connectivity index (χ3v) is 1.83. The molecule has 62 valence electrons. The van der Waals surface area contributed by atoms with Gasteiger partial charge in [-0.3, -0.25) is 0 Å². The van der Waals surface area contributed by atoms with Gasteiger partial charge in [-0.05, 0) is 26.7 Å². The van der Waals surface area contributed by atoms with Crippen molar-refractivity contribution in [1.82, 2.24) is 0 Å². The molecule has 2 heteroatoms.